The van der Waals surface area contributed by atoms with Crippen molar-refractivity contribution in [3.05, 3.63) is 59.9 Å². The Morgan fingerprint density at radius 2 is 1.89 bits per heavy atom. The van der Waals surface area contributed by atoms with Crippen LogP contribution in [0.25, 0.3) is 0 Å². The maximum absolute atomic E-state index is 4.14. The molecule has 2 aromatic rings. The van der Waals surface area contributed by atoms with Crippen LogP contribution in [0.4, 0.5) is 5.69 Å². The lowest BCUT2D eigenvalue weighted by Gasteiger charge is -2.19. The number of pyridine rings is 1. The van der Waals surface area contributed by atoms with Crippen LogP contribution in [0.2, 0.25) is 0 Å². The smallest absolute Gasteiger partial charge is 0.0441 e. The fourth-order valence-electron chi connectivity index (χ4n) is 1.99. The van der Waals surface area contributed by atoms with Gasteiger partial charge in [0.25, 0.3) is 0 Å². The molecule has 0 radical (unpaired) electrons. The van der Waals surface area contributed by atoms with Crippen LogP contribution in [-0.2, 0) is 13.1 Å². The Kier molecular flexibility index (Phi) is 4.93. The van der Waals surface area contributed by atoms with Crippen molar-refractivity contribution in [1.82, 2.24) is 10.3 Å². The molecule has 1 N–H and O–H groups in total. The number of hydrogen-bond acceptors (Lipinski definition) is 3. The minimum Gasteiger partial charge on any atom is -0.370 e. The molecule has 0 unspecified atom stereocenters. The van der Waals surface area contributed by atoms with Crippen molar-refractivity contribution in [1.29, 1.82) is 0 Å². The highest BCUT2D eigenvalue weighted by atomic mass is 15.1. The summed E-state index contributed by atoms with van der Waals surface area (Å²) in [5.41, 5.74) is 3.77. The number of nitrogens with one attached hydrogen (secondary N) is 1. The molecule has 0 aliphatic carbocycles. The van der Waals surface area contributed by atoms with Gasteiger partial charge in [-0.15, -0.1) is 0 Å². The normalized spacial score (nSPS) is 10.4. The molecule has 0 saturated heterocycles. The van der Waals surface area contributed by atoms with Gasteiger partial charge in [-0.2, -0.15) is 0 Å². The van der Waals surface area contributed by atoms with Gasteiger partial charge in [0.2, 0.25) is 0 Å². The second-order valence-corrected chi connectivity index (χ2v) is 4.66. The van der Waals surface area contributed by atoms with Crippen molar-refractivity contribution in [2.75, 3.05) is 18.5 Å². The van der Waals surface area contributed by atoms with Crippen molar-refractivity contribution in [2.24, 2.45) is 0 Å². The van der Waals surface area contributed by atoms with Gasteiger partial charge in [0.1, 0.15) is 0 Å². The van der Waals surface area contributed by atoms with Crippen LogP contribution in [0.1, 0.15) is 18.1 Å². The molecule has 0 bridgehead atoms. The second-order valence-electron chi connectivity index (χ2n) is 4.66. The minimum atomic E-state index is 0.875. The summed E-state index contributed by atoms with van der Waals surface area (Å²) in [7, 11) is 2.10. The molecule has 0 aliphatic rings. The summed E-state index contributed by atoms with van der Waals surface area (Å²) in [6.07, 6.45) is 3.72. The van der Waals surface area contributed by atoms with Gasteiger partial charge in [-0.3, -0.25) is 4.98 Å². The van der Waals surface area contributed by atoms with Gasteiger partial charge in [-0.05, 0) is 35.9 Å². The summed E-state index contributed by atoms with van der Waals surface area (Å²) >= 11 is 0. The molecule has 1 aromatic heterocycles. The molecule has 0 amide bonds. The third kappa shape index (κ3) is 4.07. The zero-order chi connectivity index (χ0) is 13.5. The molecular weight excluding hydrogens is 234 g/mol. The Balaban J connectivity index is 1.97. The number of anilines is 1. The molecule has 19 heavy (non-hydrogen) atoms. The lowest BCUT2D eigenvalue weighted by atomic mass is 10.2. The lowest BCUT2D eigenvalue weighted by Crippen LogP contribution is -2.16. The molecule has 0 saturated carbocycles. The first-order chi connectivity index (χ1) is 9.29. The molecule has 0 spiro atoms. The van der Waals surface area contributed by atoms with Gasteiger partial charge in [-0.25, -0.2) is 0 Å². The molecule has 3 heteroatoms. The summed E-state index contributed by atoms with van der Waals surface area (Å²) in [6, 6.07) is 12.8. The average molecular weight is 255 g/mol. The van der Waals surface area contributed by atoms with Gasteiger partial charge in [0.05, 0.1) is 0 Å². The lowest BCUT2D eigenvalue weighted by molar-refractivity contribution is 0.726. The van der Waals surface area contributed by atoms with E-state index < -0.39 is 0 Å². The molecule has 2 rings (SSSR count). The van der Waals surface area contributed by atoms with Crippen molar-refractivity contribution >= 4 is 5.69 Å². The van der Waals surface area contributed by atoms with Crippen LogP contribution >= 0.6 is 0 Å². The van der Waals surface area contributed by atoms with Crippen molar-refractivity contribution < 1.29 is 0 Å². The molecular formula is C16H21N3. The summed E-state index contributed by atoms with van der Waals surface area (Å²) in [5.74, 6) is 0. The summed E-state index contributed by atoms with van der Waals surface area (Å²) in [5, 5.41) is 3.33. The summed E-state index contributed by atoms with van der Waals surface area (Å²) in [4.78, 5) is 6.37. The molecule has 1 heterocycles. The van der Waals surface area contributed by atoms with Gasteiger partial charge in [0, 0.05) is 38.2 Å². The molecule has 0 atom stereocenters. The second kappa shape index (κ2) is 6.90. The first-order valence-corrected chi connectivity index (χ1v) is 6.69. The predicted molar refractivity (Wildman–Crippen MR) is 80.2 cm³/mol. The van der Waals surface area contributed by atoms with Crippen LogP contribution in [0.3, 0.4) is 0 Å². The van der Waals surface area contributed by atoms with E-state index in [-0.39, 0.29) is 0 Å². The van der Waals surface area contributed by atoms with Crippen molar-refractivity contribution in [3.8, 4) is 0 Å². The zero-order valence-corrected chi connectivity index (χ0v) is 11.6. The Bertz CT molecular complexity index is 479. The number of aromatic nitrogens is 1. The molecule has 0 fully saturated rings. The highest BCUT2D eigenvalue weighted by Gasteiger charge is 2.02. The molecule has 100 valence electrons. The number of benzene rings is 1. The quantitative estimate of drug-likeness (QED) is 0.860. The van der Waals surface area contributed by atoms with Gasteiger partial charge in [0.15, 0.2) is 0 Å². The van der Waals surface area contributed by atoms with E-state index in [1.165, 1.54) is 16.8 Å². The van der Waals surface area contributed by atoms with E-state index in [1.54, 1.807) is 6.20 Å². The largest absolute Gasteiger partial charge is 0.370 e. The standard InChI is InChI=1S/C16H21N3/c1-3-17-11-14-6-8-16(9-7-14)19(2)13-15-5-4-10-18-12-15/h4-10,12,17H,3,11,13H2,1-2H3. The van der Waals surface area contributed by atoms with E-state index in [1.807, 2.05) is 12.3 Å². The van der Waals surface area contributed by atoms with Crippen molar-refractivity contribution in [3.63, 3.8) is 0 Å². The highest BCUT2D eigenvalue weighted by molar-refractivity contribution is 5.47. The van der Waals surface area contributed by atoms with Crippen LogP contribution in [0, 0.1) is 0 Å². The predicted octanol–water partition coefficient (Wildman–Crippen LogP) is 2.83. The van der Waals surface area contributed by atoms with Crippen LogP contribution in [0.5, 0.6) is 0 Å². The van der Waals surface area contributed by atoms with Gasteiger partial charge in [-0.1, -0.05) is 25.1 Å². The number of hydrogen-bond donors (Lipinski definition) is 1. The Morgan fingerprint density at radius 1 is 1.11 bits per heavy atom. The third-order valence-electron chi connectivity index (χ3n) is 3.10. The highest BCUT2D eigenvalue weighted by Crippen LogP contribution is 2.16. The molecule has 1 aromatic carbocycles. The van der Waals surface area contributed by atoms with E-state index in [0.29, 0.717) is 0 Å². The zero-order valence-electron chi connectivity index (χ0n) is 11.6. The van der Waals surface area contributed by atoms with E-state index in [2.05, 4.69) is 59.5 Å². The van der Waals surface area contributed by atoms with Crippen LogP contribution < -0.4 is 10.2 Å². The van der Waals surface area contributed by atoms with Crippen molar-refractivity contribution in [2.45, 2.75) is 20.0 Å². The average Bonchev–Trinajstić information content (AvgIpc) is 2.46. The first-order valence-electron chi connectivity index (χ1n) is 6.69. The SMILES string of the molecule is CCNCc1ccc(N(C)Cc2cccnc2)cc1. The van der Waals surface area contributed by atoms with Gasteiger partial charge < -0.3 is 10.2 Å². The fraction of sp³-hybridized carbons (Fsp3) is 0.312. The van der Waals surface area contributed by atoms with Crippen LogP contribution in [0.15, 0.2) is 48.8 Å². The van der Waals surface area contributed by atoms with E-state index in [9.17, 15) is 0 Å². The Labute approximate surface area is 115 Å². The fourth-order valence-corrected chi connectivity index (χ4v) is 1.99. The molecule has 0 aliphatic heterocycles. The number of nitrogens with zero attached hydrogens (tertiary/aromatic N) is 2. The monoisotopic (exact) mass is 255 g/mol. The Morgan fingerprint density at radius 3 is 2.53 bits per heavy atom. The number of rotatable bonds is 6. The van der Waals surface area contributed by atoms with E-state index >= 15 is 0 Å². The summed E-state index contributed by atoms with van der Waals surface area (Å²) < 4.78 is 0. The third-order valence-corrected chi connectivity index (χ3v) is 3.10. The van der Waals surface area contributed by atoms with Crippen LogP contribution in [-0.4, -0.2) is 18.6 Å². The maximum Gasteiger partial charge on any atom is 0.0441 e. The minimum absolute atomic E-state index is 0.875. The maximum atomic E-state index is 4.14. The van der Waals surface area contributed by atoms with Gasteiger partial charge >= 0.3 is 0 Å². The van der Waals surface area contributed by atoms with E-state index in [4.69, 9.17) is 0 Å². The summed E-state index contributed by atoms with van der Waals surface area (Å²) in [6.45, 7) is 4.93. The first kappa shape index (κ1) is 13.6. The molecule has 3 nitrogen and oxygen atoms in total. The van der Waals surface area contributed by atoms with E-state index in [0.717, 1.165) is 19.6 Å². The topological polar surface area (TPSA) is 28.2 Å². The Hall–Kier alpha value is -1.87.